The van der Waals surface area contributed by atoms with Gasteiger partial charge in [-0.1, -0.05) is 6.92 Å². The van der Waals surface area contributed by atoms with E-state index < -0.39 is 5.54 Å². The van der Waals surface area contributed by atoms with Crippen LogP contribution in [-0.4, -0.2) is 29.1 Å². The average Bonchev–Trinajstić information content (AvgIpc) is 2.59. The molecule has 0 aromatic carbocycles. The van der Waals surface area contributed by atoms with Crippen LogP contribution in [0.15, 0.2) is 0 Å². The predicted octanol–water partition coefficient (Wildman–Crippen LogP) is 1.94. The maximum atomic E-state index is 11.6. The summed E-state index contributed by atoms with van der Waals surface area (Å²) in [6.45, 7) is 4.41. The van der Waals surface area contributed by atoms with Crippen molar-refractivity contribution in [3.63, 3.8) is 0 Å². The number of ether oxygens (including phenoxy) is 1. The SMILES string of the molecule is CCCSC1CCC(N)(C(=O)OCC)C1. The van der Waals surface area contributed by atoms with E-state index in [1.807, 2.05) is 18.7 Å². The van der Waals surface area contributed by atoms with Crippen LogP contribution in [0.3, 0.4) is 0 Å². The van der Waals surface area contributed by atoms with E-state index in [9.17, 15) is 4.79 Å². The van der Waals surface area contributed by atoms with Gasteiger partial charge in [0.25, 0.3) is 0 Å². The Balaban J connectivity index is 2.41. The number of esters is 1. The summed E-state index contributed by atoms with van der Waals surface area (Å²) < 4.78 is 5.01. The zero-order valence-corrected chi connectivity index (χ0v) is 10.4. The summed E-state index contributed by atoms with van der Waals surface area (Å²) in [6.07, 6.45) is 3.77. The Kier molecular flexibility index (Phi) is 4.93. The molecule has 0 radical (unpaired) electrons. The molecule has 15 heavy (non-hydrogen) atoms. The van der Waals surface area contributed by atoms with Gasteiger partial charge in [-0.05, 0) is 38.4 Å². The van der Waals surface area contributed by atoms with Crippen LogP contribution < -0.4 is 5.73 Å². The lowest BCUT2D eigenvalue weighted by atomic mass is 10.00. The molecule has 0 aromatic rings. The van der Waals surface area contributed by atoms with Gasteiger partial charge in [0.15, 0.2) is 0 Å². The highest BCUT2D eigenvalue weighted by atomic mass is 32.2. The molecule has 0 amide bonds. The van der Waals surface area contributed by atoms with Crippen LogP contribution in [0.4, 0.5) is 0 Å². The highest BCUT2D eigenvalue weighted by Crippen LogP contribution is 2.36. The summed E-state index contributed by atoms with van der Waals surface area (Å²) in [5, 5.41) is 0.541. The van der Waals surface area contributed by atoms with Crippen molar-refractivity contribution in [3.05, 3.63) is 0 Å². The van der Waals surface area contributed by atoms with Crippen LogP contribution in [0.1, 0.15) is 39.5 Å². The molecule has 2 unspecified atom stereocenters. The van der Waals surface area contributed by atoms with Crippen LogP contribution in [0.25, 0.3) is 0 Å². The van der Waals surface area contributed by atoms with Crippen LogP contribution in [0.2, 0.25) is 0 Å². The Hall–Kier alpha value is -0.220. The summed E-state index contributed by atoms with van der Waals surface area (Å²) in [4.78, 5) is 11.6. The van der Waals surface area contributed by atoms with Crippen molar-refractivity contribution < 1.29 is 9.53 Å². The summed E-state index contributed by atoms with van der Waals surface area (Å²) in [7, 11) is 0. The van der Waals surface area contributed by atoms with Crippen molar-refractivity contribution in [1.82, 2.24) is 0 Å². The highest BCUT2D eigenvalue weighted by Gasteiger charge is 2.43. The van der Waals surface area contributed by atoms with Crippen molar-refractivity contribution in [3.8, 4) is 0 Å². The van der Waals surface area contributed by atoms with Gasteiger partial charge in [0.1, 0.15) is 5.54 Å². The Morgan fingerprint density at radius 3 is 2.93 bits per heavy atom. The maximum Gasteiger partial charge on any atom is 0.326 e. The minimum Gasteiger partial charge on any atom is -0.465 e. The van der Waals surface area contributed by atoms with Gasteiger partial charge >= 0.3 is 5.97 Å². The number of hydrogen-bond acceptors (Lipinski definition) is 4. The Morgan fingerprint density at radius 1 is 1.60 bits per heavy atom. The van der Waals surface area contributed by atoms with Crippen LogP contribution in [-0.2, 0) is 9.53 Å². The zero-order valence-electron chi connectivity index (χ0n) is 9.62. The van der Waals surface area contributed by atoms with Crippen molar-refractivity contribution in [2.24, 2.45) is 5.73 Å². The number of nitrogens with two attached hydrogens (primary N) is 1. The third-order valence-electron chi connectivity index (χ3n) is 2.74. The molecule has 1 aliphatic rings. The fraction of sp³-hybridized carbons (Fsp3) is 0.909. The molecule has 0 saturated heterocycles. The normalized spacial score (nSPS) is 30.5. The Bertz CT molecular complexity index is 223. The van der Waals surface area contributed by atoms with Crippen LogP contribution in [0.5, 0.6) is 0 Å². The zero-order chi connectivity index (χ0) is 11.3. The third-order valence-corrected chi connectivity index (χ3v) is 4.26. The van der Waals surface area contributed by atoms with E-state index in [1.165, 1.54) is 6.42 Å². The molecule has 0 aromatic heterocycles. The molecule has 2 N–H and O–H groups in total. The molecule has 1 aliphatic carbocycles. The molecule has 3 nitrogen and oxygen atoms in total. The Morgan fingerprint density at radius 2 is 2.33 bits per heavy atom. The standard InChI is InChI=1S/C11H21NO2S/c1-3-7-15-9-5-6-11(12,8-9)10(13)14-4-2/h9H,3-8,12H2,1-2H3. The second kappa shape index (κ2) is 5.75. The number of thioether (sulfide) groups is 1. The van der Waals surface area contributed by atoms with E-state index in [1.54, 1.807) is 0 Å². The van der Waals surface area contributed by atoms with Gasteiger partial charge in [-0.25, -0.2) is 0 Å². The van der Waals surface area contributed by atoms with E-state index in [2.05, 4.69) is 6.92 Å². The fourth-order valence-corrected chi connectivity index (χ4v) is 3.18. The van der Waals surface area contributed by atoms with E-state index >= 15 is 0 Å². The molecule has 1 fully saturated rings. The predicted molar refractivity (Wildman–Crippen MR) is 63.9 cm³/mol. The van der Waals surface area contributed by atoms with E-state index in [4.69, 9.17) is 10.5 Å². The fourth-order valence-electron chi connectivity index (χ4n) is 1.92. The van der Waals surface area contributed by atoms with Gasteiger partial charge in [-0.15, -0.1) is 0 Å². The van der Waals surface area contributed by atoms with Crippen molar-refractivity contribution in [2.75, 3.05) is 12.4 Å². The van der Waals surface area contributed by atoms with Crippen LogP contribution >= 0.6 is 11.8 Å². The molecular formula is C11H21NO2S. The first-order valence-corrected chi connectivity index (χ1v) is 6.75. The molecule has 0 aliphatic heterocycles. The van der Waals surface area contributed by atoms with Crippen molar-refractivity contribution in [1.29, 1.82) is 0 Å². The van der Waals surface area contributed by atoms with Crippen molar-refractivity contribution in [2.45, 2.75) is 50.3 Å². The second-order valence-electron chi connectivity index (χ2n) is 4.11. The minimum atomic E-state index is -0.707. The number of rotatable bonds is 5. The largest absolute Gasteiger partial charge is 0.465 e. The first-order chi connectivity index (χ1) is 7.12. The first kappa shape index (κ1) is 12.8. The number of carbonyl (C=O) groups is 1. The molecule has 4 heteroatoms. The molecule has 0 bridgehead atoms. The summed E-state index contributed by atoms with van der Waals surface area (Å²) in [5.41, 5.74) is 5.36. The highest BCUT2D eigenvalue weighted by molar-refractivity contribution is 7.99. The first-order valence-electron chi connectivity index (χ1n) is 5.70. The molecule has 1 saturated carbocycles. The summed E-state index contributed by atoms with van der Waals surface area (Å²) in [5.74, 6) is 0.938. The quantitative estimate of drug-likeness (QED) is 0.735. The molecule has 2 atom stereocenters. The topological polar surface area (TPSA) is 52.3 Å². The van der Waals surface area contributed by atoms with Gasteiger partial charge in [0, 0.05) is 5.25 Å². The van der Waals surface area contributed by atoms with Gasteiger partial charge in [0.2, 0.25) is 0 Å². The van der Waals surface area contributed by atoms with Gasteiger partial charge < -0.3 is 10.5 Å². The lowest BCUT2D eigenvalue weighted by Gasteiger charge is -2.21. The lowest BCUT2D eigenvalue weighted by Crippen LogP contribution is -2.47. The molecular weight excluding hydrogens is 210 g/mol. The number of hydrogen-bond donors (Lipinski definition) is 1. The molecule has 1 rings (SSSR count). The van der Waals surface area contributed by atoms with E-state index in [-0.39, 0.29) is 5.97 Å². The van der Waals surface area contributed by atoms with Gasteiger partial charge in [0.05, 0.1) is 6.61 Å². The average molecular weight is 231 g/mol. The monoisotopic (exact) mass is 231 g/mol. The number of carbonyl (C=O) groups excluding carboxylic acids is 1. The van der Waals surface area contributed by atoms with Gasteiger partial charge in [-0.2, -0.15) is 11.8 Å². The minimum absolute atomic E-state index is 0.218. The van der Waals surface area contributed by atoms with Crippen LogP contribution in [0, 0.1) is 0 Å². The molecule has 0 heterocycles. The maximum absolute atomic E-state index is 11.6. The van der Waals surface area contributed by atoms with E-state index in [0.717, 1.165) is 25.0 Å². The smallest absolute Gasteiger partial charge is 0.326 e. The summed E-state index contributed by atoms with van der Waals surface area (Å²) in [6, 6.07) is 0. The lowest BCUT2D eigenvalue weighted by molar-refractivity contribution is -0.149. The molecule has 0 spiro atoms. The molecule has 88 valence electrons. The van der Waals surface area contributed by atoms with E-state index in [0.29, 0.717) is 11.9 Å². The van der Waals surface area contributed by atoms with Crippen molar-refractivity contribution >= 4 is 17.7 Å². The van der Waals surface area contributed by atoms with Gasteiger partial charge in [-0.3, -0.25) is 4.79 Å². The third kappa shape index (κ3) is 3.38. The Labute approximate surface area is 96.1 Å². The summed E-state index contributed by atoms with van der Waals surface area (Å²) >= 11 is 1.93. The second-order valence-corrected chi connectivity index (χ2v) is 5.52.